The molecule has 3 heterocycles. The summed E-state index contributed by atoms with van der Waals surface area (Å²) in [4.78, 5) is 26.9. The number of carbonyl (C=O) groups is 1. The third-order valence-corrected chi connectivity index (χ3v) is 9.40. The number of aromatic nitrogens is 2. The fourth-order valence-electron chi connectivity index (χ4n) is 5.97. The van der Waals surface area contributed by atoms with Crippen molar-refractivity contribution in [2.24, 2.45) is 0 Å². The number of nitrogens with zero attached hydrogens (tertiary/aromatic N) is 4. The second-order valence-corrected chi connectivity index (χ2v) is 14.1. The van der Waals surface area contributed by atoms with Crippen LogP contribution < -0.4 is 18.9 Å². The molecule has 52 heavy (non-hydrogen) atoms. The summed E-state index contributed by atoms with van der Waals surface area (Å²) in [6.45, 7) is 13.1. The van der Waals surface area contributed by atoms with Crippen LogP contribution in [0.1, 0.15) is 46.5 Å². The lowest BCUT2D eigenvalue weighted by molar-refractivity contribution is -0.127. The van der Waals surface area contributed by atoms with Gasteiger partial charge in [0.25, 0.3) is 0 Å². The molecule has 0 aliphatic carbocycles. The summed E-state index contributed by atoms with van der Waals surface area (Å²) < 4.78 is 23.5. The lowest BCUT2D eigenvalue weighted by atomic mass is 10.1. The molecule has 0 radical (unpaired) electrons. The minimum Gasteiger partial charge on any atom is -0.493 e. The van der Waals surface area contributed by atoms with Crippen molar-refractivity contribution in [3.05, 3.63) is 129 Å². The Labute approximate surface area is 310 Å². The molecule has 1 aliphatic heterocycles. The number of benzene rings is 3. The maximum Gasteiger partial charge on any atom is 0.246 e. The van der Waals surface area contributed by atoms with E-state index in [4.69, 9.17) is 18.9 Å². The molecule has 10 heteroatoms. The van der Waals surface area contributed by atoms with E-state index in [2.05, 4.69) is 39.1 Å². The van der Waals surface area contributed by atoms with E-state index < -0.39 is 0 Å². The summed E-state index contributed by atoms with van der Waals surface area (Å²) in [6, 6.07) is 24.2. The first-order valence-corrected chi connectivity index (χ1v) is 18.6. The molecule has 1 saturated heterocycles. The Bertz CT molecular complexity index is 1880. The number of rotatable bonds is 15. The van der Waals surface area contributed by atoms with Gasteiger partial charge in [-0.3, -0.25) is 14.7 Å². The standard InChI is InChI=1S/C42H46N4O5S/c1-30(2)50-37-12-10-36(11-13-37)48-22-17-33-5-7-34(8-6-33)27-45-18-20-46(21-19-45)41(47)16-9-35-23-31(3)42(32(4)24-35)51-40-15-14-38(25-44-40)49-28-39-26-43-29-52-39/h5-16,23-26,29-30H,17-22,27-28H2,1-4H3/b16-9+. The van der Waals surface area contributed by atoms with Crippen molar-refractivity contribution in [3.8, 4) is 28.9 Å². The Morgan fingerprint density at radius 1 is 0.846 bits per heavy atom. The summed E-state index contributed by atoms with van der Waals surface area (Å²) in [7, 11) is 0. The normalized spacial score (nSPS) is 13.4. The Balaban J connectivity index is 0.915. The predicted molar refractivity (Wildman–Crippen MR) is 205 cm³/mol. The van der Waals surface area contributed by atoms with Gasteiger partial charge in [0.2, 0.25) is 11.8 Å². The van der Waals surface area contributed by atoms with E-state index in [1.807, 2.05) is 81.1 Å². The van der Waals surface area contributed by atoms with Crippen molar-refractivity contribution >= 4 is 23.3 Å². The highest BCUT2D eigenvalue weighted by Gasteiger charge is 2.20. The first-order valence-electron chi connectivity index (χ1n) is 17.7. The summed E-state index contributed by atoms with van der Waals surface area (Å²) in [5.41, 5.74) is 7.19. The second-order valence-electron chi connectivity index (χ2n) is 13.2. The highest BCUT2D eigenvalue weighted by molar-refractivity contribution is 7.09. The Morgan fingerprint density at radius 3 is 2.19 bits per heavy atom. The number of carbonyl (C=O) groups excluding carboxylic acids is 1. The molecule has 0 atom stereocenters. The molecular weight excluding hydrogens is 673 g/mol. The van der Waals surface area contributed by atoms with E-state index in [9.17, 15) is 4.79 Å². The Hall–Kier alpha value is -5.19. The molecule has 1 fully saturated rings. The first kappa shape index (κ1) is 36.6. The summed E-state index contributed by atoms with van der Waals surface area (Å²) >= 11 is 1.55. The second kappa shape index (κ2) is 17.8. The van der Waals surface area contributed by atoms with Gasteiger partial charge in [-0.05, 0) is 104 Å². The summed E-state index contributed by atoms with van der Waals surface area (Å²) in [5, 5.41) is 0. The monoisotopic (exact) mass is 718 g/mol. The van der Waals surface area contributed by atoms with Gasteiger partial charge < -0.3 is 23.8 Å². The third-order valence-electron chi connectivity index (χ3n) is 8.65. The number of hydrogen-bond donors (Lipinski definition) is 0. The SMILES string of the molecule is Cc1cc(/C=C/C(=O)N2CCN(Cc3ccc(CCOc4ccc(OC(C)C)cc4)cc3)CC2)cc(C)c1Oc1ccc(OCc2cncs2)cn1. The first-order chi connectivity index (χ1) is 25.3. The summed E-state index contributed by atoms with van der Waals surface area (Å²) in [6.07, 6.45) is 8.01. The molecule has 3 aromatic carbocycles. The molecule has 0 N–H and O–H groups in total. The van der Waals surface area contributed by atoms with Crippen LogP contribution in [0.4, 0.5) is 0 Å². The molecule has 6 rings (SSSR count). The molecule has 0 bridgehead atoms. The number of hydrogen-bond acceptors (Lipinski definition) is 9. The van der Waals surface area contributed by atoms with Crippen molar-refractivity contribution in [1.29, 1.82) is 0 Å². The van der Waals surface area contributed by atoms with Crippen LogP contribution in [0, 0.1) is 13.8 Å². The molecule has 2 aromatic heterocycles. The van der Waals surface area contributed by atoms with E-state index in [1.165, 1.54) is 11.1 Å². The van der Waals surface area contributed by atoms with E-state index in [1.54, 1.807) is 41.4 Å². The van der Waals surface area contributed by atoms with Gasteiger partial charge in [0.1, 0.15) is 29.6 Å². The van der Waals surface area contributed by atoms with Crippen LogP contribution >= 0.6 is 11.3 Å². The van der Waals surface area contributed by atoms with E-state index in [0.29, 0.717) is 37.9 Å². The molecular formula is C42H46N4O5S. The van der Waals surface area contributed by atoms with Crippen molar-refractivity contribution in [2.75, 3.05) is 32.8 Å². The van der Waals surface area contributed by atoms with Crippen molar-refractivity contribution in [1.82, 2.24) is 19.8 Å². The van der Waals surface area contributed by atoms with Crippen LogP contribution in [0.3, 0.4) is 0 Å². The van der Waals surface area contributed by atoms with Crippen LogP contribution in [0.5, 0.6) is 28.9 Å². The van der Waals surface area contributed by atoms with Gasteiger partial charge in [-0.15, -0.1) is 11.3 Å². The zero-order valence-electron chi connectivity index (χ0n) is 30.3. The fourth-order valence-corrected chi connectivity index (χ4v) is 6.47. The van der Waals surface area contributed by atoms with Crippen LogP contribution in [-0.2, 0) is 24.4 Å². The van der Waals surface area contributed by atoms with Crippen LogP contribution in [-0.4, -0.2) is 64.6 Å². The smallest absolute Gasteiger partial charge is 0.246 e. The van der Waals surface area contributed by atoms with E-state index in [-0.39, 0.29) is 12.0 Å². The van der Waals surface area contributed by atoms with Gasteiger partial charge in [-0.2, -0.15) is 0 Å². The van der Waals surface area contributed by atoms with Gasteiger partial charge in [-0.1, -0.05) is 24.3 Å². The Morgan fingerprint density at radius 2 is 1.54 bits per heavy atom. The highest BCUT2D eigenvalue weighted by atomic mass is 32.1. The van der Waals surface area contributed by atoms with Gasteiger partial charge >= 0.3 is 0 Å². The average Bonchev–Trinajstić information content (AvgIpc) is 3.67. The van der Waals surface area contributed by atoms with Gasteiger partial charge in [0.15, 0.2) is 0 Å². The van der Waals surface area contributed by atoms with Crippen LogP contribution in [0.2, 0.25) is 0 Å². The van der Waals surface area contributed by atoms with E-state index in [0.717, 1.165) is 64.9 Å². The largest absolute Gasteiger partial charge is 0.493 e. The number of pyridine rings is 1. The zero-order chi connectivity index (χ0) is 36.3. The van der Waals surface area contributed by atoms with E-state index >= 15 is 0 Å². The van der Waals surface area contributed by atoms with Gasteiger partial charge in [0.05, 0.1) is 29.3 Å². The third kappa shape index (κ3) is 10.7. The molecule has 1 amide bonds. The number of amides is 1. The summed E-state index contributed by atoms with van der Waals surface area (Å²) in [5.74, 6) is 3.64. The van der Waals surface area contributed by atoms with Crippen molar-refractivity contribution in [2.45, 2.75) is 53.4 Å². The number of thiazole rings is 1. The lowest BCUT2D eigenvalue weighted by Gasteiger charge is -2.34. The quantitative estimate of drug-likeness (QED) is 0.100. The molecule has 5 aromatic rings. The Kier molecular flexibility index (Phi) is 12.6. The van der Waals surface area contributed by atoms with Gasteiger partial charge in [0, 0.05) is 57.5 Å². The van der Waals surface area contributed by atoms with Crippen molar-refractivity contribution in [3.63, 3.8) is 0 Å². The molecule has 270 valence electrons. The molecule has 1 aliphatic rings. The minimum absolute atomic E-state index is 0.0311. The molecule has 9 nitrogen and oxygen atoms in total. The topological polar surface area (TPSA) is 86.3 Å². The van der Waals surface area contributed by atoms with Crippen molar-refractivity contribution < 1.29 is 23.7 Å². The number of piperazine rings is 1. The molecule has 0 saturated carbocycles. The average molecular weight is 719 g/mol. The maximum atomic E-state index is 13.1. The zero-order valence-corrected chi connectivity index (χ0v) is 31.1. The maximum absolute atomic E-state index is 13.1. The van der Waals surface area contributed by atoms with Crippen LogP contribution in [0.25, 0.3) is 6.08 Å². The molecule has 0 unspecified atom stereocenters. The highest BCUT2D eigenvalue weighted by Crippen LogP contribution is 2.30. The van der Waals surface area contributed by atoms with Crippen LogP contribution in [0.15, 0.2) is 96.8 Å². The fraction of sp³-hybridized carbons (Fsp3) is 0.310. The minimum atomic E-state index is 0.0311. The molecule has 0 spiro atoms. The predicted octanol–water partition coefficient (Wildman–Crippen LogP) is 8.29. The van der Waals surface area contributed by atoms with Gasteiger partial charge in [-0.25, -0.2) is 4.98 Å². The number of aryl methyl sites for hydroxylation is 2. The number of ether oxygens (including phenoxy) is 4. The lowest BCUT2D eigenvalue weighted by Crippen LogP contribution is -2.47.